The third kappa shape index (κ3) is 3.96. The Kier molecular flexibility index (Phi) is 7.46. The van der Waals surface area contributed by atoms with Crippen LogP contribution < -0.4 is 0 Å². The largest absolute Gasteiger partial charge is 0.289 e. The van der Waals surface area contributed by atoms with Gasteiger partial charge in [-0.1, -0.05) is 19.9 Å². The SMILES string of the molecule is CCC(C)PC(=O)c1c(C)c(C)cc(C)c1C.[Li]. The summed E-state index contributed by atoms with van der Waals surface area (Å²) in [6, 6.07) is 2.17. The number of hydrogen-bond acceptors (Lipinski definition) is 1. The second kappa shape index (κ2) is 7.49. The first-order valence-corrected chi connectivity index (χ1v) is 7.34. The number of rotatable bonds is 4. The molecule has 0 amide bonds. The minimum absolute atomic E-state index is 0. The Morgan fingerprint density at radius 2 is 1.61 bits per heavy atom. The topological polar surface area (TPSA) is 17.1 Å². The summed E-state index contributed by atoms with van der Waals surface area (Å²) in [5.74, 6) is 0. The van der Waals surface area contributed by atoms with Gasteiger partial charge in [-0.2, -0.15) is 0 Å². The Morgan fingerprint density at radius 1 is 1.17 bits per heavy atom. The van der Waals surface area contributed by atoms with E-state index < -0.39 is 0 Å². The molecule has 0 N–H and O–H groups in total. The number of aryl methyl sites for hydroxylation is 2. The Hall–Kier alpha value is -0.0826. The zero-order valence-electron chi connectivity index (χ0n) is 12.8. The molecule has 1 aromatic carbocycles. The van der Waals surface area contributed by atoms with E-state index in [1.165, 1.54) is 11.1 Å². The van der Waals surface area contributed by atoms with Gasteiger partial charge in [-0.25, -0.2) is 0 Å². The molecule has 0 aliphatic heterocycles. The summed E-state index contributed by atoms with van der Waals surface area (Å²) in [6.45, 7) is 12.6. The van der Waals surface area contributed by atoms with Crippen LogP contribution in [0.2, 0.25) is 0 Å². The van der Waals surface area contributed by atoms with E-state index in [1.54, 1.807) is 0 Å². The van der Waals surface area contributed by atoms with Gasteiger partial charge in [0.2, 0.25) is 0 Å². The van der Waals surface area contributed by atoms with E-state index in [0.717, 1.165) is 23.1 Å². The molecule has 1 rings (SSSR count). The zero-order chi connectivity index (χ0) is 13.2. The molecule has 3 heteroatoms. The summed E-state index contributed by atoms with van der Waals surface area (Å²) in [5.41, 5.74) is 6.59. The third-order valence-electron chi connectivity index (χ3n) is 3.58. The first kappa shape index (κ1) is 17.9. The first-order chi connectivity index (χ1) is 7.88. The molecule has 0 saturated carbocycles. The van der Waals surface area contributed by atoms with Gasteiger partial charge >= 0.3 is 0 Å². The number of carbonyl (C=O) groups excluding carboxylic acids is 1. The van der Waals surface area contributed by atoms with Crippen molar-refractivity contribution in [3.8, 4) is 0 Å². The van der Waals surface area contributed by atoms with Gasteiger partial charge in [-0.3, -0.25) is 4.79 Å². The molecule has 0 fully saturated rings. The molecule has 18 heavy (non-hydrogen) atoms. The van der Waals surface area contributed by atoms with Crippen LogP contribution in [0.5, 0.6) is 0 Å². The summed E-state index contributed by atoms with van der Waals surface area (Å²) in [7, 11) is 0.404. The van der Waals surface area contributed by atoms with Gasteiger partial charge in [0.25, 0.3) is 0 Å². The van der Waals surface area contributed by atoms with Crippen molar-refractivity contribution in [2.45, 2.75) is 53.6 Å². The van der Waals surface area contributed by atoms with Gasteiger partial charge < -0.3 is 0 Å². The summed E-state index contributed by atoms with van der Waals surface area (Å²) >= 11 is 0. The first-order valence-electron chi connectivity index (χ1n) is 6.26. The van der Waals surface area contributed by atoms with Gasteiger partial charge in [0.1, 0.15) is 0 Å². The molecule has 0 heterocycles. The predicted octanol–water partition coefficient (Wildman–Crippen LogP) is 4.16. The maximum Gasteiger partial charge on any atom is 0.181 e. The molecule has 1 radical (unpaired) electrons. The Bertz CT molecular complexity index is 414. The van der Waals surface area contributed by atoms with E-state index in [-0.39, 0.29) is 18.9 Å². The fourth-order valence-electron chi connectivity index (χ4n) is 1.96. The number of carbonyl (C=O) groups is 1. The van der Waals surface area contributed by atoms with Crippen molar-refractivity contribution in [3.63, 3.8) is 0 Å². The molecular weight excluding hydrogens is 234 g/mol. The molecule has 1 nitrogen and oxygen atoms in total. The molecule has 0 aliphatic carbocycles. The summed E-state index contributed by atoms with van der Waals surface area (Å²) < 4.78 is 0. The molecule has 0 spiro atoms. The van der Waals surface area contributed by atoms with Crippen molar-refractivity contribution in [2.75, 3.05) is 0 Å². The van der Waals surface area contributed by atoms with Crippen LogP contribution >= 0.6 is 8.58 Å². The maximum absolute atomic E-state index is 12.4. The van der Waals surface area contributed by atoms with Crippen molar-refractivity contribution in [3.05, 3.63) is 33.9 Å². The number of hydrogen-bond donors (Lipinski definition) is 0. The number of benzene rings is 1. The van der Waals surface area contributed by atoms with Crippen LogP contribution in [0, 0.1) is 27.7 Å². The Balaban J connectivity index is 0.00000289. The van der Waals surface area contributed by atoms with E-state index in [0.29, 0.717) is 19.8 Å². The molecule has 2 atom stereocenters. The van der Waals surface area contributed by atoms with Crippen LogP contribution in [-0.2, 0) is 0 Å². The van der Waals surface area contributed by atoms with Crippen molar-refractivity contribution in [1.29, 1.82) is 0 Å². The molecule has 0 aliphatic rings. The Labute approximate surface area is 125 Å². The van der Waals surface area contributed by atoms with Crippen LogP contribution in [-0.4, -0.2) is 30.0 Å². The van der Waals surface area contributed by atoms with Crippen molar-refractivity contribution < 1.29 is 4.79 Å². The molecule has 2 unspecified atom stereocenters. The Morgan fingerprint density at radius 3 is 2.00 bits per heavy atom. The van der Waals surface area contributed by atoms with Crippen molar-refractivity contribution in [1.82, 2.24) is 0 Å². The fraction of sp³-hybridized carbons (Fsp3) is 0.533. The van der Waals surface area contributed by atoms with E-state index in [4.69, 9.17) is 0 Å². The van der Waals surface area contributed by atoms with Crippen molar-refractivity contribution in [2.24, 2.45) is 0 Å². The van der Waals surface area contributed by atoms with Gasteiger partial charge in [-0.15, -0.1) is 0 Å². The predicted molar refractivity (Wildman–Crippen MR) is 83.5 cm³/mol. The molecule has 1 aromatic rings. The summed E-state index contributed by atoms with van der Waals surface area (Å²) in [6.07, 6.45) is 1.08. The quantitative estimate of drug-likeness (QED) is 0.584. The summed E-state index contributed by atoms with van der Waals surface area (Å²) in [5, 5.41) is 0. The second-order valence-corrected chi connectivity index (χ2v) is 6.65. The minimum atomic E-state index is 0. The van der Waals surface area contributed by atoms with E-state index in [1.807, 2.05) is 0 Å². The van der Waals surface area contributed by atoms with Gasteiger partial charge in [0.15, 0.2) is 5.52 Å². The fourth-order valence-corrected chi connectivity index (χ4v) is 3.13. The molecule has 0 saturated heterocycles. The molecule has 0 bridgehead atoms. The monoisotopic (exact) mass is 257 g/mol. The third-order valence-corrected chi connectivity index (χ3v) is 5.00. The standard InChI is InChI=1S/C15H23OP.Li/c1-7-11(4)17-15(16)14-12(5)9(2)8-10(3)13(14)6;/h8,11,17H,7H2,1-6H3;. The maximum atomic E-state index is 12.4. The average Bonchev–Trinajstić information content (AvgIpc) is 2.26. The van der Waals surface area contributed by atoms with Crippen molar-refractivity contribution >= 4 is 33.0 Å². The van der Waals surface area contributed by atoms with E-state index in [2.05, 4.69) is 47.6 Å². The van der Waals surface area contributed by atoms with Gasteiger partial charge in [0.05, 0.1) is 0 Å². The average molecular weight is 257 g/mol. The second-order valence-electron chi connectivity index (χ2n) is 4.92. The normalized spacial score (nSPS) is 12.6. The van der Waals surface area contributed by atoms with Crippen LogP contribution in [0.4, 0.5) is 0 Å². The smallest absolute Gasteiger partial charge is 0.181 e. The molecule has 95 valence electrons. The van der Waals surface area contributed by atoms with Crippen LogP contribution in [0.3, 0.4) is 0 Å². The molecule has 0 aromatic heterocycles. The van der Waals surface area contributed by atoms with Crippen LogP contribution in [0.25, 0.3) is 0 Å². The van der Waals surface area contributed by atoms with Crippen LogP contribution in [0.1, 0.15) is 52.9 Å². The van der Waals surface area contributed by atoms with Gasteiger partial charge in [-0.05, 0) is 70.6 Å². The zero-order valence-corrected chi connectivity index (χ0v) is 13.8. The molecular formula is C15H23LiOP. The van der Waals surface area contributed by atoms with E-state index in [9.17, 15) is 4.79 Å². The van der Waals surface area contributed by atoms with Crippen LogP contribution in [0.15, 0.2) is 6.07 Å². The van der Waals surface area contributed by atoms with E-state index >= 15 is 0 Å². The van der Waals surface area contributed by atoms with Gasteiger partial charge in [0, 0.05) is 24.4 Å². The minimum Gasteiger partial charge on any atom is -0.289 e. The summed E-state index contributed by atoms with van der Waals surface area (Å²) in [4.78, 5) is 12.4.